The minimum atomic E-state index is -3.49. The molecule has 2 unspecified atom stereocenters. The highest BCUT2D eigenvalue weighted by Crippen LogP contribution is 2.19. The lowest BCUT2D eigenvalue weighted by Gasteiger charge is -2.36. The molecule has 1 aromatic rings. The summed E-state index contributed by atoms with van der Waals surface area (Å²) in [5.74, 6) is 0.789. The van der Waals surface area contributed by atoms with Gasteiger partial charge in [0.1, 0.15) is 5.75 Å². The molecule has 1 aliphatic rings. The minimum Gasteiger partial charge on any atom is -0.494 e. The third-order valence-electron chi connectivity index (χ3n) is 3.75. The molecule has 0 spiro atoms. The van der Waals surface area contributed by atoms with Crippen molar-refractivity contribution < 1.29 is 17.9 Å². The third kappa shape index (κ3) is 4.67. The molecule has 130 valence electrons. The van der Waals surface area contributed by atoms with Crippen molar-refractivity contribution >= 4 is 10.2 Å². The van der Waals surface area contributed by atoms with Gasteiger partial charge >= 0.3 is 0 Å². The van der Waals surface area contributed by atoms with Crippen LogP contribution >= 0.6 is 0 Å². The van der Waals surface area contributed by atoms with Crippen molar-refractivity contribution in [2.75, 3.05) is 26.7 Å². The summed E-state index contributed by atoms with van der Waals surface area (Å²) in [6.07, 6.45) is -0.181. The zero-order valence-electron chi connectivity index (χ0n) is 14.2. The molecule has 0 bridgehead atoms. The molecular weight excluding hydrogens is 316 g/mol. The topological polar surface area (TPSA) is 59.1 Å². The summed E-state index contributed by atoms with van der Waals surface area (Å²) in [7, 11) is -1.88. The molecule has 0 aromatic heterocycles. The molecule has 2 atom stereocenters. The van der Waals surface area contributed by atoms with Crippen LogP contribution in [0.25, 0.3) is 0 Å². The molecule has 1 saturated heterocycles. The van der Waals surface area contributed by atoms with Crippen LogP contribution in [0, 0.1) is 0 Å². The van der Waals surface area contributed by atoms with Crippen LogP contribution in [-0.4, -0.2) is 56.0 Å². The Labute approximate surface area is 139 Å². The number of rotatable bonds is 6. The Kier molecular flexibility index (Phi) is 6.02. The van der Waals surface area contributed by atoms with Crippen LogP contribution < -0.4 is 4.74 Å². The minimum absolute atomic E-state index is 0.0904. The van der Waals surface area contributed by atoms with Crippen molar-refractivity contribution in [3.05, 3.63) is 29.8 Å². The van der Waals surface area contributed by atoms with Crippen LogP contribution in [0.2, 0.25) is 0 Å². The fourth-order valence-corrected chi connectivity index (χ4v) is 4.22. The summed E-state index contributed by atoms with van der Waals surface area (Å²) in [5, 5.41) is 0. The number of ether oxygens (including phenoxy) is 2. The zero-order chi connectivity index (χ0) is 17.0. The van der Waals surface area contributed by atoms with Crippen LogP contribution in [-0.2, 0) is 21.5 Å². The van der Waals surface area contributed by atoms with Crippen molar-refractivity contribution in [2.24, 2.45) is 0 Å². The van der Waals surface area contributed by atoms with Gasteiger partial charge in [-0.25, -0.2) is 0 Å². The number of hydrogen-bond donors (Lipinski definition) is 0. The van der Waals surface area contributed by atoms with Gasteiger partial charge < -0.3 is 9.47 Å². The van der Waals surface area contributed by atoms with Gasteiger partial charge in [-0.1, -0.05) is 12.1 Å². The molecule has 0 amide bonds. The van der Waals surface area contributed by atoms with Crippen LogP contribution in [0.4, 0.5) is 0 Å². The number of morpholine rings is 1. The molecule has 7 heteroatoms. The lowest BCUT2D eigenvalue weighted by Crippen LogP contribution is -2.52. The first kappa shape index (κ1) is 18.2. The highest BCUT2D eigenvalue weighted by atomic mass is 32.2. The summed E-state index contributed by atoms with van der Waals surface area (Å²) < 4.78 is 39.3. The van der Waals surface area contributed by atoms with Crippen LogP contribution in [0.5, 0.6) is 5.75 Å². The molecule has 1 aliphatic heterocycles. The van der Waals surface area contributed by atoms with Gasteiger partial charge in [0.05, 0.1) is 18.8 Å². The number of hydrogen-bond acceptors (Lipinski definition) is 4. The molecule has 1 aromatic carbocycles. The maximum atomic E-state index is 12.7. The highest BCUT2D eigenvalue weighted by molar-refractivity contribution is 7.86. The first-order valence-corrected chi connectivity index (χ1v) is 9.31. The maximum absolute atomic E-state index is 12.7. The summed E-state index contributed by atoms with van der Waals surface area (Å²) >= 11 is 0. The van der Waals surface area contributed by atoms with Crippen LogP contribution in [0.15, 0.2) is 24.3 Å². The summed E-state index contributed by atoms with van der Waals surface area (Å²) in [5.41, 5.74) is 0.925. The SMILES string of the molecule is CCOc1ccc(CN(C)S(=O)(=O)N2CC(C)OC(C)C2)cc1. The molecule has 6 nitrogen and oxygen atoms in total. The van der Waals surface area contributed by atoms with E-state index < -0.39 is 10.2 Å². The van der Waals surface area contributed by atoms with Crippen molar-refractivity contribution in [1.29, 1.82) is 0 Å². The van der Waals surface area contributed by atoms with Gasteiger partial charge in [0.2, 0.25) is 0 Å². The third-order valence-corrected chi connectivity index (χ3v) is 5.61. The fraction of sp³-hybridized carbons (Fsp3) is 0.625. The number of benzene rings is 1. The monoisotopic (exact) mass is 342 g/mol. The Morgan fingerprint density at radius 2 is 1.78 bits per heavy atom. The smallest absolute Gasteiger partial charge is 0.282 e. The second-order valence-corrected chi connectivity index (χ2v) is 7.95. The molecule has 23 heavy (non-hydrogen) atoms. The van der Waals surface area contributed by atoms with Crippen molar-refractivity contribution in [2.45, 2.75) is 39.5 Å². The molecular formula is C16H26N2O4S. The predicted molar refractivity (Wildman–Crippen MR) is 89.6 cm³/mol. The Bertz CT molecular complexity index is 593. The summed E-state index contributed by atoms with van der Waals surface area (Å²) in [6, 6.07) is 7.50. The molecule has 0 radical (unpaired) electrons. The Morgan fingerprint density at radius 3 is 2.30 bits per heavy atom. The molecule has 0 N–H and O–H groups in total. The average Bonchev–Trinajstić information content (AvgIpc) is 2.48. The standard InChI is InChI=1S/C16H26N2O4S/c1-5-21-16-8-6-15(7-9-16)12-17(4)23(19,20)18-10-13(2)22-14(3)11-18/h6-9,13-14H,5,10-12H2,1-4H3. The lowest BCUT2D eigenvalue weighted by atomic mass is 10.2. The van der Waals surface area contributed by atoms with Crippen molar-refractivity contribution in [1.82, 2.24) is 8.61 Å². The Hall–Kier alpha value is -1.15. The molecule has 1 heterocycles. The van der Waals surface area contributed by atoms with E-state index in [9.17, 15) is 8.42 Å². The van der Waals surface area contributed by atoms with Gasteiger partial charge in [-0.05, 0) is 38.5 Å². The van der Waals surface area contributed by atoms with Gasteiger partial charge in [0, 0.05) is 26.7 Å². The summed E-state index contributed by atoms with van der Waals surface area (Å²) in [6.45, 7) is 7.43. The first-order chi connectivity index (χ1) is 10.8. The number of nitrogens with zero attached hydrogens (tertiary/aromatic N) is 2. The van der Waals surface area contributed by atoms with Crippen molar-refractivity contribution in [3.8, 4) is 5.75 Å². The molecule has 2 rings (SSSR count). The van der Waals surface area contributed by atoms with Gasteiger partial charge in [0.15, 0.2) is 0 Å². The van der Waals surface area contributed by atoms with E-state index in [4.69, 9.17) is 9.47 Å². The first-order valence-electron chi connectivity index (χ1n) is 7.91. The largest absolute Gasteiger partial charge is 0.494 e. The van der Waals surface area contributed by atoms with Crippen LogP contribution in [0.1, 0.15) is 26.3 Å². The second kappa shape index (κ2) is 7.61. The van der Waals surface area contributed by atoms with E-state index in [2.05, 4.69) is 0 Å². The van der Waals surface area contributed by atoms with E-state index in [0.29, 0.717) is 26.2 Å². The van der Waals surface area contributed by atoms with Gasteiger partial charge in [-0.3, -0.25) is 0 Å². The second-order valence-electron chi connectivity index (χ2n) is 5.92. The van der Waals surface area contributed by atoms with E-state index in [-0.39, 0.29) is 12.2 Å². The van der Waals surface area contributed by atoms with Gasteiger partial charge in [-0.15, -0.1) is 0 Å². The van der Waals surface area contributed by atoms with Gasteiger partial charge in [0.25, 0.3) is 10.2 Å². The zero-order valence-corrected chi connectivity index (χ0v) is 15.0. The molecule has 1 fully saturated rings. The quantitative estimate of drug-likeness (QED) is 0.792. The predicted octanol–water partition coefficient (Wildman–Crippen LogP) is 1.87. The van der Waals surface area contributed by atoms with E-state index in [1.165, 1.54) is 8.61 Å². The normalized spacial score (nSPS) is 23.2. The van der Waals surface area contributed by atoms with E-state index in [1.807, 2.05) is 45.0 Å². The lowest BCUT2D eigenvalue weighted by molar-refractivity contribution is -0.0453. The van der Waals surface area contributed by atoms with Crippen molar-refractivity contribution in [3.63, 3.8) is 0 Å². The van der Waals surface area contributed by atoms with Crippen LogP contribution in [0.3, 0.4) is 0 Å². The summed E-state index contributed by atoms with van der Waals surface area (Å²) in [4.78, 5) is 0. The highest BCUT2D eigenvalue weighted by Gasteiger charge is 2.33. The molecule has 0 saturated carbocycles. The average molecular weight is 342 g/mol. The van der Waals surface area contributed by atoms with Gasteiger partial charge in [-0.2, -0.15) is 17.0 Å². The maximum Gasteiger partial charge on any atom is 0.282 e. The Morgan fingerprint density at radius 1 is 1.22 bits per heavy atom. The Balaban J connectivity index is 2.04. The van der Waals surface area contributed by atoms with E-state index in [1.54, 1.807) is 7.05 Å². The fourth-order valence-electron chi connectivity index (χ4n) is 2.71. The molecule has 0 aliphatic carbocycles. The van der Waals surface area contributed by atoms with E-state index in [0.717, 1.165) is 11.3 Å². The van der Waals surface area contributed by atoms with E-state index >= 15 is 0 Å².